The summed E-state index contributed by atoms with van der Waals surface area (Å²) >= 11 is 0. The fourth-order valence-electron chi connectivity index (χ4n) is 10.2. The third-order valence-corrected chi connectivity index (χ3v) is 14.6. The lowest BCUT2D eigenvalue weighted by molar-refractivity contribution is 0.0330. The standard InChI is InChI=1S/C24H25FN8O2.C21H20FN7O.C21H19FN6O2/c1-2-26-24(34)32-23-30-19-11-15(10-17(22(19)31-23)21-18(25)4-3-5-27-21)16-12-28-20(29-13-16)14-33-6-8-35-9-7-33;1-3-24-21(30)29-20-27-16-10-13(12-6-7-17(23-2)26-11-12)9-14(19(16)28-20)18-15(22)5-4-8-25-18;1-3-30-21(29)28-20-26-16-10-13(12-6-7-17(23-2)25-11-12)9-14(19(16)27-20)18-15(22)5-4-8-24-18/h3-5,10-13H,2,6-9,14H2,1H3,(H3,26,30,31,32,34);4-11H,3H2,1-2H3,(H,23,26)(H3,24,27,28,29,30);4-11H,3H2,1-2H3,(H,23,25)(H2,26,27,28,29). The number of imidazole rings is 3. The summed E-state index contributed by atoms with van der Waals surface area (Å²) in [4.78, 5) is 90.9. The smallest absolute Gasteiger partial charge is 0.413 e. The van der Waals surface area contributed by atoms with E-state index in [2.05, 4.69) is 107 Å². The second-order valence-corrected chi connectivity index (χ2v) is 21.0. The van der Waals surface area contributed by atoms with Gasteiger partial charge in [0.15, 0.2) is 0 Å². The number of ether oxygens (including phenoxy) is 2. The molecule has 26 nitrogen and oxygen atoms in total. The minimum Gasteiger partial charge on any atom is -0.450 e. The first-order valence-electron chi connectivity index (χ1n) is 30.2. The molecule has 13 rings (SSSR count). The Morgan fingerprint density at radius 2 is 0.905 bits per heavy atom. The Kier molecular flexibility index (Phi) is 20.4. The molecule has 9 aromatic heterocycles. The number of hydrogen-bond donors (Lipinski definition) is 10. The fourth-order valence-corrected chi connectivity index (χ4v) is 10.2. The van der Waals surface area contributed by atoms with E-state index in [1.165, 1.54) is 55.0 Å². The van der Waals surface area contributed by atoms with Crippen molar-refractivity contribution in [3.05, 3.63) is 164 Å². The predicted molar refractivity (Wildman–Crippen MR) is 357 cm³/mol. The Morgan fingerprint density at radius 3 is 1.27 bits per heavy atom. The van der Waals surface area contributed by atoms with Crippen LogP contribution in [0.4, 0.5) is 57.0 Å². The van der Waals surface area contributed by atoms with Gasteiger partial charge in [-0.15, -0.1) is 0 Å². The molecule has 3 aromatic carbocycles. The van der Waals surface area contributed by atoms with Gasteiger partial charge >= 0.3 is 18.2 Å². The second-order valence-electron chi connectivity index (χ2n) is 21.0. The van der Waals surface area contributed by atoms with E-state index in [4.69, 9.17) is 9.47 Å². The lowest BCUT2D eigenvalue weighted by Gasteiger charge is -2.25. The van der Waals surface area contributed by atoms with Gasteiger partial charge in [-0.3, -0.25) is 35.8 Å². The van der Waals surface area contributed by atoms with Crippen LogP contribution >= 0.6 is 0 Å². The van der Waals surface area contributed by atoms with Crippen molar-refractivity contribution in [1.82, 2.24) is 80.3 Å². The van der Waals surface area contributed by atoms with Gasteiger partial charge in [0, 0.05) is 117 Å². The number of carbonyl (C=O) groups excluding carboxylic acids is 3. The van der Waals surface area contributed by atoms with Crippen LogP contribution in [-0.4, -0.2) is 148 Å². The van der Waals surface area contributed by atoms with Crippen molar-refractivity contribution < 1.29 is 37.0 Å². The van der Waals surface area contributed by atoms with E-state index in [1.807, 2.05) is 68.4 Å². The average Bonchev–Trinajstić information content (AvgIpc) is 1.74. The zero-order chi connectivity index (χ0) is 66.4. The number of fused-ring (bicyclic) bond motifs is 3. The van der Waals surface area contributed by atoms with E-state index in [0.717, 1.165) is 63.9 Å². The number of pyridine rings is 5. The molecule has 0 radical (unpaired) electrons. The Bertz CT molecular complexity index is 4490. The highest BCUT2D eigenvalue weighted by Gasteiger charge is 2.22. The number of amides is 5. The highest BCUT2D eigenvalue weighted by Crippen LogP contribution is 2.38. The maximum atomic E-state index is 14.7. The van der Waals surface area contributed by atoms with Crippen molar-refractivity contribution in [3.63, 3.8) is 0 Å². The fraction of sp³-hybridized carbons (Fsp3) is 0.197. The molecule has 0 spiro atoms. The number of halogens is 3. The van der Waals surface area contributed by atoms with Crippen LogP contribution in [0.25, 0.3) is 100 Å². The third-order valence-electron chi connectivity index (χ3n) is 14.6. The molecule has 10 heterocycles. The third kappa shape index (κ3) is 15.5. The van der Waals surface area contributed by atoms with Gasteiger partial charge < -0.3 is 45.7 Å². The first kappa shape index (κ1) is 64.5. The van der Waals surface area contributed by atoms with Crippen LogP contribution < -0.4 is 37.2 Å². The second kappa shape index (κ2) is 30.0. The summed E-state index contributed by atoms with van der Waals surface area (Å²) < 4.78 is 54.1. The lowest BCUT2D eigenvalue weighted by Crippen LogP contribution is -2.36. The Hall–Kier alpha value is -12.0. The SMILES string of the molecule is CCNC(=O)Nc1nc2c(-c3ncccc3F)cc(-c3ccc(NC)nc3)cc2[nH]1.CCNC(=O)Nc1nc2c(-c3ncccc3F)cc(-c3cnc(CN4CCOCC4)nc3)cc2[nH]1.CCOC(=O)Nc1nc2c(-c3ncccc3F)cc(-c3ccc(NC)nc3)cc2[nH]1. The minimum absolute atomic E-state index is 0.165. The summed E-state index contributed by atoms with van der Waals surface area (Å²) in [6.45, 7) is 10.3. The highest BCUT2D eigenvalue weighted by molar-refractivity contribution is 6.01. The molecular formula is C66H64F3N21O5. The maximum absolute atomic E-state index is 14.7. The Labute approximate surface area is 540 Å². The summed E-state index contributed by atoms with van der Waals surface area (Å²) in [5.74, 6) is 1.51. The summed E-state index contributed by atoms with van der Waals surface area (Å²) in [6, 6.07) is 26.5. The zero-order valence-electron chi connectivity index (χ0n) is 52.0. The van der Waals surface area contributed by atoms with Gasteiger partial charge in [-0.05, 0) is 135 Å². The van der Waals surface area contributed by atoms with E-state index in [1.54, 1.807) is 51.9 Å². The van der Waals surface area contributed by atoms with Crippen LogP contribution in [0, 0.1) is 17.5 Å². The molecule has 10 N–H and O–H groups in total. The molecule has 5 amide bonds. The molecule has 95 heavy (non-hydrogen) atoms. The summed E-state index contributed by atoms with van der Waals surface area (Å²) in [5.41, 5.74) is 10.2. The van der Waals surface area contributed by atoms with Gasteiger partial charge in [0.1, 0.15) is 68.5 Å². The van der Waals surface area contributed by atoms with Crippen LogP contribution in [0.15, 0.2) is 140 Å². The molecule has 12 aromatic rings. The van der Waals surface area contributed by atoms with E-state index < -0.39 is 23.5 Å². The number of rotatable bonds is 16. The summed E-state index contributed by atoms with van der Waals surface area (Å²) in [7, 11) is 3.59. The van der Waals surface area contributed by atoms with Crippen molar-refractivity contribution in [1.29, 1.82) is 0 Å². The Balaban J connectivity index is 0.000000146. The van der Waals surface area contributed by atoms with Gasteiger partial charge in [0.25, 0.3) is 0 Å². The molecule has 0 atom stereocenters. The Morgan fingerprint density at radius 1 is 0.505 bits per heavy atom. The van der Waals surface area contributed by atoms with Gasteiger partial charge in [-0.2, -0.15) is 0 Å². The van der Waals surface area contributed by atoms with Crippen molar-refractivity contribution in [2.24, 2.45) is 0 Å². The average molecular weight is 1290 g/mol. The van der Waals surface area contributed by atoms with Gasteiger partial charge in [0.2, 0.25) is 17.8 Å². The van der Waals surface area contributed by atoms with Crippen LogP contribution in [0.2, 0.25) is 0 Å². The molecular weight excluding hydrogens is 1220 g/mol. The molecule has 484 valence electrons. The minimum atomic E-state index is -0.630. The number of anilines is 5. The number of urea groups is 2. The number of hydrogen-bond acceptors (Lipinski definition) is 18. The predicted octanol–water partition coefficient (Wildman–Crippen LogP) is 11.6. The van der Waals surface area contributed by atoms with Crippen LogP contribution in [0.5, 0.6) is 0 Å². The molecule has 0 saturated carbocycles. The largest absolute Gasteiger partial charge is 0.450 e. The van der Waals surface area contributed by atoms with Gasteiger partial charge in [-0.1, -0.05) is 0 Å². The summed E-state index contributed by atoms with van der Waals surface area (Å²) in [5, 5.41) is 19.1. The molecule has 0 aliphatic carbocycles. The molecule has 1 aliphatic heterocycles. The summed E-state index contributed by atoms with van der Waals surface area (Å²) in [6.07, 6.45) is 10.9. The number of morpholine rings is 1. The number of H-pyrrole nitrogens is 3. The molecule has 0 unspecified atom stereocenters. The first-order chi connectivity index (χ1) is 46.3. The molecule has 0 bridgehead atoms. The molecule has 29 heteroatoms. The van der Waals surface area contributed by atoms with Crippen LogP contribution in [0.1, 0.15) is 26.6 Å². The van der Waals surface area contributed by atoms with Crippen molar-refractivity contribution in [2.45, 2.75) is 27.3 Å². The maximum Gasteiger partial charge on any atom is 0.413 e. The highest BCUT2D eigenvalue weighted by atomic mass is 19.1. The molecule has 1 aliphatic rings. The number of aromatic amines is 3. The number of nitrogens with zero attached hydrogens (tertiary/aromatic N) is 11. The monoisotopic (exact) mass is 1290 g/mol. The quantitative estimate of drug-likeness (QED) is 0.0430. The molecule has 1 fully saturated rings. The van der Waals surface area contributed by atoms with E-state index in [-0.39, 0.29) is 53.6 Å². The number of benzene rings is 3. The van der Waals surface area contributed by atoms with Gasteiger partial charge in [0.05, 0.1) is 42.9 Å². The van der Waals surface area contributed by atoms with Crippen LogP contribution in [0.3, 0.4) is 0 Å². The zero-order valence-corrected chi connectivity index (χ0v) is 52.0. The van der Waals surface area contributed by atoms with E-state index in [0.29, 0.717) is 82.6 Å². The number of carbonyl (C=O) groups is 3. The van der Waals surface area contributed by atoms with Crippen molar-refractivity contribution in [2.75, 3.05) is 86.7 Å². The number of aromatic nitrogens is 13. The first-order valence-corrected chi connectivity index (χ1v) is 30.2. The number of nitrogens with one attached hydrogen (secondary N) is 10. The van der Waals surface area contributed by atoms with Gasteiger partial charge in [-0.25, -0.2) is 62.4 Å². The van der Waals surface area contributed by atoms with Crippen molar-refractivity contribution in [3.8, 4) is 67.2 Å². The van der Waals surface area contributed by atoms with E-state index in [9.17, 15) is 27.6 Å². The van der Waals surface area contributed by atoms with E-state index >= 15 is 0 Å². The van der Waals surface area contributed by atoms with Crippen molar-refractivity contribution >= 4 is 80.7 Å². The lowest BCUT2D eigenvalue weighted by atomic mass is 10.0. The normalized spacial score (nSPS) is 12.0. The molecule has 1 saturated heterocycles. The van der Waals surface area contributed by atoms with Crippen LogP contribution in [-0.2, 0) is 16.0 Å². The topological polar surface area (TPSA) is 333 Å².